The fraction of sp³-hybridized carbons (Fsp3) is 0.192. The predicted molar refractivity (Wildman–Crippen MR) is 138 cm³/mol. The van der Waals surface area contributed by atoms with Gasteiger partial charge in [0.05, 0.1) is 48.3 Å². The highest BCUT2D eigenvalue weighted by Gasteiger charge is 2.16. The third kappa shape index (κ3) is 5.89. The molecule has 3 aromatic carbocycles. The summed E-state index contributed by atoms with van der Waals surface area (Å²) in [7, 11) is 3.15. The zero-order valence-electron chi connectivity index (χ0n) is 20.3. The van der Waals surface area contributed by atoms with Crippen LogP contribution in [0.4, 0.5) is 5.69 Å². The Balaban J connectivity index is 1.40. The van der Waals surface area contributed by atoms with Crippen LogP contribution in [0.25, 0.3) is 10.9 Å². The molecule has 0 saturated heterocycles. The number of hydrogen-bond acceptors (Lipinski definition) is 9. The molecule has 0 bridgehead atoms. The van der Waals surface area contributed by atoms with Crippen LogP contribution in [0.5, 0.6) is 34.5 Å². The quantitative estimate of drug-likeness (QED) is 0.194. The van der Waals surface area contributed by atoms with Gasteiger partial charge in [0.1, 0.15) is 23.9 Å². The lowest BCUT2D eigenvalue weighted by molar-refractivity contribution is -0.385. The van der Waals surface area contributed by atoms with Gasteiger partial charge in [0.15, 0.2) is 11.5 Å². The van der Waals surface area contributed by atoms with Crippen LogP contribution in [0.3, 0.4) is 0 Å². The molecule has 0 aliphatic rings. The molecule has 11 heteroatoms. The molecule has 0 saturated carbocycles. The summed E-state index contributed by atoms with van der Waals surface area (Å²) in [6.45, 7) is 0.153. The fourth-order valence-corrected chi connectivity index (χ4v) is 4.48. The zero-order valence-corrected chi connectivity index (χ0v) is 21.2. The third-order valence-corrected chi connectivity index (χ3v) is 6.74. The smallest absolute Gasteiger partial charge is 0.311 e. The Kier molecular flexibility index (Phi) is 8.04. The maximum atomic E-state index is 12.7. The van der Waals surface area contributed by atoms with Crippen LogP contribution in [0, 0.1) is 10.1 Å². The molecular weight excluding hydrogens is 500 g/mol. The van der Waals surface area contributed by atoms with Gasteiger partial charge in [-0.1, -0.05) is 0 Å². The first-order valence-electron chi connectivity index (χ1n) is 11.1. The second-order valence-corrected chi connectivity index (χ2v) is 9.17. The van der Waals surface area contributed by atoms with E-state index in [0.29, 0.717) is 39.2 Å². The van der Waals surface area contributed by atoms with Crippen molar-refractivity contribution in [3.8, 4) is 34.5 Å². The number of rotatable bonds is 11. The molecule has 192 valence electrons. The van der Waals surface area contributed by atoms with Gasteiger partial charge in [-0.3, -0.25) is 19.3 Å². The van der Waals surface area contributed by atoms with Gasteiger partial charge in [-0.05, 0) is 42.5 Å². The number of pyridine rings is 1. The van der Waals surface area contributed by atoms with Gasteiger partial charge >= 0.3 is 5.69 Å². The first-order chi connectivity index (χ1) is 17.9. The molecule has 0 N–H and O–H groups in total. The van der Waals surface area contributed by atoms with Crippen LogP contribution in [0.2, 0.25) is 0 Å². The molecule has 4 rings (SSSR count). The van der Waals surface area contributed by atoms with E-state index in [-0.39, 0.29) is 23.8 Å². The van der Waals surface area contributed by atoms with E-state index < -0.39 is 15.7 Å². The van der Waals surface area contributed by atoms with E-state index in [1.54, 1.807) is 62.9 Å². The van der Waals surface area contributed by atoms with Crippen molar-refractivity contribution < 1.29 is 32.8 Å². The number of nitro benzene ring substituents is 1. The van der Waals surface area contributed by atoms with Gasteiger partial charge in [-0.15, -0.1) is 0 Å². The molecule has 0 spiro atoms. The minimum atomic E-state index is -1.32. The number of aromatic nitrogens is 1. The second-order valence-electron chi connectivity index (χ2n) is 7.60. The number of hydrogen-bond donors (Lipinski definition) is 0. The summed E-state index contributed by atoms with van der Waals surface area (Å²) in [4.78, 5) is 15.5. The van der Waals surface area contributed by atoms with Crippen molar-refractivity contribution in [1.29, 1.82) is 0 Å². The second kappa shape index (κ2) is 11.6. The molecule has 0 aliphatic carbocycles. The van der Waals surface area contributed by atoms with Gasteiger partial charge in [-0.2, -0.15) is 0 Å². The molecule has 0 radical (unpaired) electrons. The standard InChI is InChI=1S/C26H24N2O8S/c1-32-24-14-18(6-9-22(24)28(29)30)35-12-13-37(31)19-7-4-17(5-8-19)36-23-10-11-27-21-16-26(34-3)25(33-2)15-20(21)23/h4-11,14-16H,12-13H2,1-3H3. The van der Waals surface area contributed by atoms with Crippen LogP contribution < -0.4 is 23.7 Å². The van der Waals surface area contributed by atoms with Crippen molar-refractivity contribution in [3.63, 3.8) is 0 Å². The first-order valence-corrected chi connectivity index (χ1v) is 12.4. The van der Waals surface area contributed by atoms with Gasteiger partial charge in [-0.25, -0.2) is 0 Å². The molecule has 10 nitrogen and oxygen atoms in total. The maximum Gasteiger partial charge on any atom is 0.311 e. The average molecular weight is 525 g/mol. The highest BCUT2D eigenvalue weighted by molar-refractivity contribution is 7.85. The fourth-order valence-electron chi connectivity index (χ4n) is 3.57. The Bertz CT molecular complexity index is 1440. The molecule has 1 atom stereocenters. The number of benzene rings is 3. The molecule has 1 unspecified atom stereocenters. The lowest BCUT2D eigenvalue weighted by Gasteiger charge is -2.12. The van der Waals surface area contributed by atoms with Crippen LogP contribution in [-0.4, -0.2) is 47.8 Å². The van der Waals surface area contributed by atoms with Crippen LogP contribution in [-0.2, 0) is 10.8 Å². The molecule has 37 heavy (non-hydrogen) atoms. The van der Waals surface area contributed by atoms with Gasteiger partial charge in [0.2, 0.25) is 5.75 Å². The molecule has 4 aromatic rings. The van der Waals surface area contributed by atoms with Gasteiger partial charge in [0, 0.05) is 34.7 Å². The summed E-state index contributed by atoms with van der Waals surface area (Å²) in [5.41, 5.74) is 0.540. The largest absolute Gasteiger partial charge is 0.493 e. The van der Waals surface area contributed by atoms with Crippen molar-refractivity contribution in [2.24, 2.45) is 0 Å². The van der Waals surface area contributed by atoms with Crippen molar-refractivity contribution in [2.45, 2.75) is 4.90 Å². The number of nitro groups is 1. The van der Waals surface area contributed by atoms with E-state index in [1.807, 2.05) is 0 Å². The number of methoxy groups -OCH3 is 3. The molecular formula is C26H24N2O8S. The Morgan fingerprint density at radius 2 is 1.51 bits per heavy atom. The normalized spacial score (nSPS) is 11.5. The van der Waals surface area contributed by atoms with Gasteiger partial charge < -0.3 is 23.7 Å². The summed E-state index contributed by atoms with van der Waals surface area (Å²) >= 11 is 0. The van der Waals surface area contributed by atoms with Crippen LogP contribution >= 0.6 is 0 Å². The summed E-state index contributed by atoms with van der Waals surface area (Å²) < 4.78 is 40.2. The molecule has 0 amide bonds. The molecule has 0 fully saturated rings. The number of ether oxygens (including phenoxy) is 5. The molecule has 1 heterocycles. The monoisotopic (exact) mass is 524 g/mol. The summed E-state index contributed by atoms with van der Waals surface area (Å²) in [6.07, 6.45) is 1.65. The van der Waals surface area contributed by atoms with Crippen molar-refractivity contribution >= 4 is 27.4 Å². The minimum absolute atomic E-state index is 0.0961. The maximum absolute atomic E-state index is 12.7. The van der Waals surface area contributed by atoms with E-state index in [2.05, 4.69) is 4.98 Å². The lowest BCUT2D eigenvalue weighted by Crippen LogP contribution is -2.09. The lowest BCUT2D eigenvalue weighted by atomic mass is 10.2. The van der Waals surface area contributed by atoms with E-state index in [4.69, 9.17) is 23.7 Å². The average Bonchev–Trinajstić information content (AvgIpc) is 2.92. The van der Waals surface area contributed by atoms with Crippen LogP contribution in [0.1, 0.15) is 0 Å². The van der Waals surface area contributed by atoms with Gasteiger partial charge in [0.25, 0.3) is 0 Å². The summed E-state index contributed by atoms with van der Waals surface area (Å²) in [6, 6.07) is 16.5. The van der Waals surface area contributed by atoms with E-state index in [1.165, 1.54) is 25.3 Å². The topological polar surface area (TPSA) is 119 Å². The number of fused-ring (bicyclic) bond motifs is 1. The Hall–Kier alpha value is -4.38. The SMILES string of the molecule is COc1cc2nccc(Oc3ccc(S(=O)CCOc4ccc([N+](=O)[O-])c(OC)c4)cc3)c2cc1OC. The Labute approximate surface area is 215 Å². The van der Waals surface area contributed by atoms with Crippen molar-refractivity contribution in [2.75, 3.05) is 33.7 Å². The first kappa shape index (κ1) is 25.7. The highest BCUT2D eigenvalue weighted by atomic mass is 32.2. The van der Waals surface area contributed by atoms with E-state index >= 15 is 0 Å². The molecule has 1 aromatic heterocycles. The molecule has 0 aliphatic heterocycles. The Morgan fingerprint density at radius 3 is 2.19 bits per heavy atom. The minimum Gasteiger partial charge on any atom is -0.493 e. The summed E-state index contributed by atoms with van der Waals surface area (Å²) in [5, 5.41) is 11.8. The van der Waals surface area contributed by atoms with Crippen LogP contribution in [0.15, 0.2) is 71.8 Å². The third-order valence-electron chi connectivity index (χ3n) is 5.41. The predicted octanol–water partition coefficient (Wildman–Crippen LogP) is 5.15. The Morgan fingerprint density at radius 1 is 0.838 bits per heavy atom. The van der Waals surface area contributed by atoms with Crippen molar-refractivity contribution in [3.05, 3.63) is 77.0 Å². The van der Waals surface area contributed by atoms with E-state index in [0.717, 1.165) is 5.39 Å². The zero-order chi connectivity index (χ0) is 26.4. The highest BCUT2D eigenvalue weighted by Crippen LogP contribution is 2.37. The summed E-state index contributed by atoms with van der Waals surface area (Å²) in [5.74, 6) is 3.01. The van der Waals surface area contributed by atoms with E-state index in [9.17, 15) is 14.3 Å². The van der Waals surface area contributed by atoms with Crippen molar-refractivity contribution in [1.82, 2.24) is 4.98 Å². The number of nitrogens with zero attached hydrogens (tertiary/aromatic N) is 2.